The van der Waals surface area contributed by atoms with Crippen molar-refractivity contribution in [2.75, 3.05) is 13.2 Å². The van der Waals surface area contributed by atoms with Crippen LogP contribution in [0.2, 0.25) is 0 Å². The van der Waals surface area contributed by atoms with E-state index < -0.39 is 6.10 Å². The van der Waals surface area contributed by atoms with Crippen molar-refractivity contribution in [2.24, 2.45) is 0 Å². The van der Waals surface area contributed by atoms with Gasteiger partial charge in [0, 0.05) is 19.3 Å². The summed E-state index contributed by atoms with van der Waals surface area (Å²) in [5.41, 5.74) is 0. The average molecular weight is 913 g/mol. The van der Waals surface area contributed by atoms with Crippen LogP contribution in [0.25, 0.3) is 0 Å². The molecule has 66 heavy (non-hydrogen) atoms. The second-order valence-corrected chi connectivity index (χ2v) is 17.0. The van der Waals surface area contributed by atoms with Gasteiger partial charge in [-0.05, 0) is 122 Å². The van der Waals surface area contributed by atoms with Gasteiger partial charge in [-0.25, -0.2) is 0 Å². The number of allylic oxidation sites excluding steroid dienone is 20. The molecule has 0 N–H and O–H groups in total. The van der Waals surface area contributed by atoms with E-state index in [4.69, 9.17) is 14.2 Å². The minimum Gasteiger partial charge on any atom is -0.462 e. The van der Waals surface area contributed by atoms with Crippen LogP contribution < -0.4 is 0 Å². The van der Waals surface area contributed by atoms with E-state index in [0.29, 0.717) is 25.7 Å². The zero-order valence-electron chi connectivity index (χ0n) is 42.4. The van der Waals surface area contributed by atoms with Crippen molar-refractivity contribution in [3.05, 3.63) is 122 Å². The van der Waals surface area contributed by atoms with Gasteiger partial charge in [-0.3, -0.25) is 14.4 Å². The van der Waals surface area contributed by atoms with E-state index in [0.717, 1.165) is 103 Å². The van der Waals surface area contributed by atoms with Gasteiger partial charge in [0.2, 0.25) is 0 Å². The highest BCUT2D eigenvalue weighted by molar-refractivity contribution is 5.71. The molecule has 0 bridgehead atoms. The zero-order chi connectivity index (χ0) is 47.9. The van der Waals surface area contributed by atoms with Crippen LogP contribution in [0.15, 0.2) is 122 Å². The first-order valence-corrected chi connectivity index (χ1v) is 26.5. The third-order valence-electron chi connectivity index (χ3n) is 10.7. The molecule has 0 aromatic heterocycles. The van der Waals surface area contributed by atoms with Gasteiger partial charge in [0.15, 0.2) is 6.10 Å². The van der Waals surface area contributed by atoms with Gasteiger partial charge < -0.3 is 14.2 Å². The number of carbonyl (C=O) groups excluding carboxylic acids is 3. The van der Waals surface area contributed by atoms with Crippen molar-refractivity contribution in [1.82, 2.24) is 0 Å². The van der Waals surface area contributed by atoms with E-state index in [1.807, 2.05) is 0 Å². The average Bonchev–Trinajstić information content (AvgIpc) is 3.31. The van der Waals surface area contributed by atoms with Gasteiger partial charge in [-0.2, -0.15) is 0 Å². The first kappa shape index (κ1) is 61.8. The van der Waals surface area contributed by atoms with Gasteiger partial charge in [-0.15, -0.1) is 0 Å². The van der Waals surface area contributed by atoms with E-state index in [1.54, 1.807) is 0 Å². The lowest BCUT2D eigenvalue weighted by atomic mass is 10.1. The molecule has 0 aromatic carbocycles. The van der Waals surface area contributed by atoms with Crippen LogP contribution in [-0.2, 0) is 28.6 Å². The minimum atomic E-state index is -0.827. The Labute approximate surface area is 405 Å². The van der Waals surface area contributed by atoms with Crippen LogP contribution in [0.5, 0.6) is 0 Å². The number of hydrogen-bond donors (Lipinski definition) is 0. The molecule has 0 aliphatic carbocycles. The van der Waals surface area contributed by atoms with E-state index in [1.165, 1.54) is 64.2 Å². The molecule has 1 atom stereocenters. The number of unbranched alkanes of at least 4 members (excludes halogenated alkanes) is 15. The Kier molecular flexibility index (Phi) is 50.0. The molecule has 0 aliphatic rings. The molecular weight excluding hydrogens is 817 g/mol. The molecule has 0 radical (unpaired) electrons. The lowest BCUT2D eigenvalue weighted by molar-refractivity contribution is -0.167. The molecule has 0 rings (SSSR count). The molecule has 0 aliphatic heterocycles. The van der Waals surface area contributed by atoms with Crippen LogP contribution in [0, 0.1) is 0 Å². The van der Waals surface area contributed by atoms with Gasteiger partial charge in [-0.1, -0.05) is 200 Å². The number of carbonyl (C=O) groups is 3. The summed E-state index contributed by atoms with van der Waals surface area (Å²) in [5.74, 6) is -1.03. The normalized spacial score (nSPS) is 13.1. The monoisotopic (exact) mass is 913 g/mol. The largest absolute Gasteiger partial charge is 0.462 e. The highest BCUT2D eigenvalue weighted by Crippen LogP contribution is 2.13. The Hall–Kier alpha value is -4.19. The maximum Gasteiger partial charge on any atom is 0.306 e. The molecule has 6 nitrogen and oxygen atoms in total. The van der Waals surface area contributed by atoms with E-state index >= 15 is 0 Å². The fraction of sp³-hybridized carbons (Fsp3) is 0.617. The number of hydrogen-bond acceptors (Lipinski definition) is 6. The highest BCUT2D eigenvalue weighted by atomic mass is 16.6. The van der Waals surface area contributed by atoms with Gasteiger partial charge >= 0.3 is 17.9 Å². The number of rotatable bonds is 46. The standard InChI is InChI=1S/C60H96O6/c1-4-7-10-13-16-19-22-25-27-29-30-32-33-35-38-41-44-47-50-53-59(62)65-56-57(55-64-58(61)52-49-46-43-40-37-24-21-18-15-12-9-6-3)66-60(63)54-51-48-45-42-39-36-34-31-28-26-23-20-17-14-11-8-5-2/h7,9-10,12,16-21,25-28,34,36-37,40,42,45,57H,4-6,8,11,13-15,22-24,29-33,35,38-39,41,43-44,46-56H2,1-3H3/b10-7-,12-9-,19-16-,20-17-,21-18-,27-25-,28-26-,36-34-,40-37-,45-42-. The molecule has 0 fully saturated rings. The first-order chi connectivity index (χ1) is 32.5. The van der Waals surface area contributed by atoms with Crippen molar-refractivity contribution in [3.8, 4) is 0 Å². The Morgan fingerprint density at radius 3 is 1.00 bits per heavy atom. The summed E-state index contributed by atoms with van der Waals surface area (Å²) in [6.07, 6.45) is 73.4. The van der Waals surface area contributed by atoms with Crippen molar-refractivity contribution in [1.29, 1.82) is 0 Å². The maximum atomic E-state index is 12.8. The summed E-state index contributed by atoms with van der Waals surface area (Å²) >= 11 is 0. The Balaban J connectivity index is 4.51. The summed E-state index contributed by atoms with van der Waals surface area (Å²) in [4.78, 5) is 38.0. The van der Waals surface area contributed by atoms with Gasteiger partial charge in [0.25, 0.3) is 0 Å². The molecule has 0 heterocycles. The maximum absolute atomic E-state index is 12.8. The van der Waals surface area contributed by atoms with Crippen LogP contribution >= 0.6 is 0 Å². The molecule has 0 saturated carbocycles. The Morgan fingerprint density at radius 2 is 0.606 bits per heavy atom. The predicted molar refractivity (Wildman–Crippen MR) is 283 cm³/mol. The van der Waals surface area contributed by atoms with Crippen LogP contribution in [0.3, 0.4) is 0 Å². The smallest absolute Gasteiger partial charge is 0.306 e. The van der Waals surface area contributed by atoms with E-state index in [2.05, 4.69) is 142 Å². The molecule has 0 amide bonds. The van der Waals surface area contributed by atoms with E-state index in [9.17, 15) is 14.4 Å². The highest BCUT2D eigenvalue weighted by Gasteiger charge is 2.19. The van der Waals surface area contributed by atoms with Crippen molar-refractivity contribution in [2.45, 2.75) is 226 Å². The van der Waals surface area contributed by atoms with Crippen LogP contribution in [0.1, 0.15) is 220 Å². The molecule has 0 aromatic rings. The lowest BCUT2D eigenvalue weighted by Gasteiger charge is -2.18. The summed E-state index contributed by atoms with van der Waals surface area (Å²) in [6, 6.07) is 0. The van der Waals surface area contributed by atoms with E-state index in [-0.39, 0.29) is 37.5 Å². The fourth-order valence-electron chi connectivity index (χ4n) is 6.76. The quantitative estimate of drug-likeness (QED) is 0.0262. The summed E-state index contributed by atoms with van der Waals surface area (Å²) in [5, 5.41) is 0. The zero-order valence-corrected chi connectivity index (χ0v) is 42.4. The Bertz CT molecular complexity index is 1420. The van der Waals surface area contributed by atoms with Crippen LogP contribution in [0.4, 0.5) is 0 Å². The second-order valence-electron chi connectivity index (χ2n) is 17.0. The molecule has 372 valence electrons. The SMILES string of the molecule is CC/C=C\C/C=C\C/C=C\CCCCCCCCCCCC(=O)OCC(COC(=O)CCCC/C=C\C/C=C\C/C=C\CC)OC(=O)CCC/C=C\C/C=C\C/C=C\C/C=C\CCCCC. The first-order valence-electron chi connectivity index (χ1n) is 26.5. The third kappa shape index (κ3) is 50.8. The molecular formula is C60H96O6. The second kappa shape index (κ2) is 53.4. The lowest BCUT2D eigenvalue weighted by Crippen LogP contribution is -2.30. The summed E-state index contributed by atoms with van der Waals surface area (Å²) in [6.45, 7) is 6.28. The topological polar surface area (TPSA) is 78.9 Å². The number of ether oxygens (including phenoxy) is 3. The molecule has 0 spiro atoms. The van der Waals surface area contributed by atoms with Gasteiger partial charge in [0.1, 0.15) is 13.2 Å². The molecule has 6 heteroatoms. The molecule has 0 saturated heterocycles. The Morgan fingerprint density at radius 1 is 0.318 bits per heavy atom. The summed E-state index contributed by atoms with van der Waals surface area (Å²) in [7, 11) is 0. The van der Waals surface area contributed by atoms with Crippen LogP contribution in [-0.4, -0.2) is 37.2 Å². The summed E-state index contributed by atoms with van der Waals surface area (Å²) < 4.78 is 16.7. The number of esters is 3. The minimum absolute atomic E-state index is 0.118. The molecule has 1 unspecified atom stereocenters. The van der Waals surface area contributed by atoms with Crippen molar-refractivity contribution in [3.63, 3.8) is 0 Å². The van der Waals surface area contributed by atoms with Crippen molar-refractivity contribution < 1.29 is 28.6 Å². The predicted octanol–water partition coefficient (Wildman–Crippen LogP) is 17.7. The van der Waals surface area contributed by atoms with Crippen molar-refractivity contribution >= 4 is 17.9 Å². The van der Waals surface area contributed by atoms with Gasteiger partial charge in [0.05, 0.1) is 0 Å². The fourth-order valence-corrected chi connectivity index (χ4v) is 6.76. The third-order valence-corrected chi connectivity index (χ3v) is 10.7.